The van der Waals surface area contributed by atoms with Crippen molar-refractivity contribution in [3.05, 3.63) is 84.4 Å². The minimum absolute atomic E-state index is 0.0599. The summed E-state index contributed by atoms with van der Waals surface area (Å²) in [7, 11) is -4.25. The number of sulfonamides is 1. The predicted molar refractivity (Wildman–Crippen MR) is 149 cm³/mol. The molecule has 0 aliphatic carbocycles. The summed E-state index contributed by atoms with van der Waals surface area (Å²) >= 11 is 0. The molecule has 3 aromatic rings. The van der Waals surface area contributed by atoms with Gasteiger partial charge in [0.05, 0.1) is 22.7 Å². The van der Waals surface area contributed by atoms with Crippen molar-refractivity contribution in [1.29, 1.82) is 0 Å². The summed E-state index contributed by atoms with van der Waals surface area (Å²) in [6, 6.07) is 20.5. The second-order valence-electron chi connectivity index (χ2n) is 8.94. The van der Waals surface area contributed by atoms with Gasteiger partial charge in [-0.1, -0.05) is 65.8 Å². The zero-order valence-corrected chi connectivity index (χ0v) is 22.0. The molecule has 3 aromatic carbocycles. The lowest BCUT2D eigenvalue weighted by Gasteiger charge is -2.18. The lowest BCUT2D eigenvalue weighted by Crippen LogP contribution is -2.48. The number of rotatable bonds is 11. The van der Waals surface area contributed by atoms with E-state index in [1.807, 2.05) is 0 Å². The summed E-state index contributed by atoms with van der Waals surface area (Å²) in [5.41, 5.74) is 13.8. The summed E-state index contributed by atoms with van der Waals surface area (Å²) in [6.07, 6.45) is -0.319. The molecule has 12 nitrogen and oxygen atoms in total. The van der Waals surface area contributed by atoms with Gasteiger partial charge in [-0.2, -0.15) is 4.72 Å². The number of carbonyl (C=O) groups is 2. The predicted octanol–water partition coefficient (Wildman–Crippen LogP) is 1.69. The van der Waals surface area contributed by atoms with E-state index in [2.05, 4.69) is 20.2 Å². The molecule has 0 unspecified atom stereocenters. The number of nitrogens with zero attached hydrogens (tertiary/aromatic N) is 2. The Morgan fingerprint density at radius 2 is 1.68 bits per heavy atom. The van der Waals surface area contributed by atoms with Crippen molar-refractivity contribution >= 4 is 39.3 Å². The number of nitrogens with two attached hydrogens (primary N) is 2. The second kappa shape index (κ2) is 12.4. The number of carboxylic acids is 1. The molecular formula is C27H28N6O6S. The van der Waals surface area contributed by atoms with Crippen molar-refractivity contribution in [2.45, 2.75) is 29.9 Å². The van der Waals surface area contributed by atoms with Crippen molar-refractivity contribution in [2.75, 3.05) is 6.54 Å². The summed E-state index contributed by atoms with van der Waals surface area (Å²) in [4.78, 5) is 33.6. The van der Waals surface area contributed by atoms with Gasteiger partial charge in [0.15, 0.2) is 5.96 Å². The lowest BCUT2D eigenvalue weighted by atomic mass is 10.0. The highest BCUT2D eigenvalue weighted by Crippen LogP contribution is 2.27. The van der Waals surface area contributed by atoms with Crippen LogP contribution in [0.3, 0.4) is 0 Å². The van der Waals surface area contributed by atoms with E-state index < -0.39 is 40.6 Å². The van der Waals surface area contributed by atoms with Crippen molar-refractivity contribution in [2.24, 2.45) is 21.6 Å². The zero-order chi connectivity index (χ0) is 28.7. The average molecular weight is 565 g/mol. The smallest absolute Gasteiger partial charge is 0.323 e. The van der Waals surface area contributed by atoms with E-state index in [9.17, 15) is 23.1 Å². The largest absolute Gasteiger partial charge is 0.480 e. The Labute approximate surface area is 230 Å². The van der Waals surface area contributed by atoms with Gasteiger partial charge in [0.2, 0.25) is 15.9 Å². The molecule has 0 radical (unpaired) electrons. The summed E-state index contributed by atoms with van der Waals surface area (Å²) in [5, 5.41) is 16.2. The molecule has 4 rings (SSSR count). The van der Waals surface area contributed by atoms with Crippen molar-refractivity contribution in [3.8, 4) is 11.1 Å². The van der Waals surface area contributed by atoms with Crippen LogP contribution in [0.4, 0.5) is 5.69 Å². The summed E-state index contributed by atoms with van der Waals surface area (Å²) in [5.74, 6) is -2.01. The van der Waals surface area contributed by atoms with Crippen LogP contribution in [0.1, 0.15) is 18.4 Å². The molecule has 1 aliphatic rings. The molecule has 2 atom stereocenters. The van der Waals surface area contributed by atoms with Gasteiger partial charge in [0.25, 0.3) is 0 Å². The van der Waals surface area contributed by atoms with E-state index >= 15 is 0 Å². The molecule has 7 N–H and O–H groups in total. The first-order chi connectivity index (χ1) is 19.1. The van der Waals surface area contributed by atoms with Crippen molar-refractivity contribution < 1.29 is 28.0 Å². The first-order valence-corrected chi connectivity index (χ1v) is 13.7. The Kier molecular flexibility index (Phi) is 8.76. The second-order valence-corrected chi connectivity index (χ2v) is 10.6. The highest BCUT2D eigenvalue weighted by atomic mass is 32.2. The number of nitrogens with one attached hydrogen (secondary N) is 2. The minimum Gasteiger partial charge on any atom is -0.480 e. The Morgan fingerprint density at radius 3 is 2.35 bits per heavy atom. The summed E-state index contributed by atoms with van der Waals surface area (Å²) < 4.78 is 28.5. The Bertz CT molecular complexity index is 1540. The van der Waals surface area contributed by atoms with Crippen LogP contribution in [0.25, 0.3) is 11.1 Å². The molecule has 1 amide bonds. The van der Waals surface area contributed by atoms with Gasteiger partial charge < -0.3 is 26.7 Å². The normalized spacial score (nSPS) is 15.4. The number of oxime groups is 1. The van der Waals surface area contributed by atoms with Gasteiger partial charge >= 0.3 is 5.97 Å². The van der Waals surface area contributed by atoms with Crippen molar-refractivity contribution in [1.82, 2.24) is 10.0 Å². The number of hydrogen-bond donors (Lipinski definition) is 5. The highest BCUT2D eigenvalue weighted by Gasteiger charge is 2.29. The van der Waals surface area contributed by atoms with Crippen LogP contribution < -0.4 is 21.5 Å². The number of amides is 1. The molecule has 0 aromatic heterocycles. The van der Waals surface area contributed by atoms with Crippen LogP contribution >= 0.6 is 0 Å². The van der Waals surface area contributed by atoms with Crippen LogP contribution in [-0.4, -0.2) is 55.8 Å². The van der Waals surface area contributed by atoms with E-state index in [1.165, 1.54) is 6.07 Å². The van der Waals surface area contributed by atoms with E-state index in [-0.39, 0.29) is 17.3 Å². The molecule has 1 heterocycles. The van der Waals surface area contributed by atoms with Gasteiger partial charge in [-0.3, -0.25) is 9.59 Å². The van der Waals surface area contributed by atoms with Gasteiger partial charge in [0.1, 0.15) is 12.1 Å². The molecule has 1 aliphatic heterocycles. The highest BCUT2D eigenvalue weighted by molar-refractivity contribution is 7.89. The molecule has 0 bridgehead atoms. The van der Waals surface area contributed by atoms with Gasteiger partial charge in [-0.05, 0) is 29.3 Å². The maximum Gasteiger partial charge on any atom is 0.323 e. The number of guanidine groups is 1. The number of carboxylic acid groups (broad SMARTS) is 1. The quantitative estimate of drug-likeness (QED) is 0.171. The third-order valence-electron chi connectivity index (χ3n) is 5.97. The number of aliphatic imine (C=N–C) groups is 1. The van der Waals surface area contributed by atoms with Crippen molar-refractivity contribution in [3.63, 3.8) is 0 Å². The first-order valence-electron chi connectivity index (χ1n) is 12.2. The Balaban J connectivity index is 1.34. The molecule has 40 heavy (non-hydrogen) atoms. The average Bonchev–Trinajstić information content (AvgIpc) is 3.39. The number of benzene rings is 3. The van der Waals surface area contributed by atoms with Crippen LogP contribution in [-0.2, 0) is 24.4 Å². The monoisotopic (exact) mass is 564 g/mol. The topological polar surface area (TPSA) is 199 Å². The number of aliphatic carboxylic acids is 1. The fraction of sp³-hybridized carbons (Fsp3) is 0.185. The zero-order valence-electron chi connectivity index (χ0n) is 21.2. The van der Waals surface area contributed by atoms with E-state index in [0.29, 0.717) is 28.9 Å². The van der Waals surface area contributed by atoms with E-state index in [1.54, 1.807) is 72.8 Å². The third kappa shape index (κ3) is 7.21. The van der Waals surface area contributed by atoms with E-state index in [0.717, 1.165) is 5.56 Å². The third-order valence-corrected chi connectivity index (χ3v) is 7.49. The summed E-state index contributed by atoms with van der Waals surface area (Å²) in [6.45, 7) is -0.465. The SMILES string of the molecule is NC(N)=Nc1ccc(C2=NO[C@@H](CC(=O)NC[C@H](NS(=O)(=O)c3ccccc3-c3ccccc3)C(=O)O)C2)cc1. The molecule has 0 saturated heterocycles. The molecule has 208 valence electrons. The Morgan fingerprint density at radius 1 is 1.00 bits per heavy atom. The number of carbonyl (C=O) groups excluding carboxylic acids is 1. The number of hydrogen-bond acceptors (Lipinski definition) is 7. The fourth-order valence-electron chi connectivity index (χ4n) is 4.07. The minimum atomic E-state index is -4.25. The van der Waals surface area contributed by atoms with Crippen LogP contribution in [0.5, 0.6) is 0 Å². The first kappa shape index (κ1) is 28.3. The fourth-order valence-corrected chi connectivity index (χ4v) is 5.49. The molecular weight excluding hydrogens is 536 g/mol. The molecule has 0 fully saturated rings. The lowest BCUT2D eigenvalue weighted by molar-refractivity contribution is -0.138. The van der Waals surface area contributed by atoms with Gasteiger partial charge in [-0.15, -0.1) is 0 Å². The maximum absolute atomic E-state index is 13.2. The van der Waals surface area contributed by atoms with E-state index in [4.69, 9.17) is 16.3 Å². The Hall–Kier alpha value is -4.75. The maximum atomic E-state index is 13.2. The molecule has 0 saturated carbocycles. The van der Waals surface area contributed by atoms with Gasteiger partial charge in [-0.25, -0.2) is 13.4 Å². The van der Waals surface area contributed by atoms with Crippen LogP contribution in [0, 0.1) is 0 Å². The van der Waals surface area contributed by atoms with Crippen LogP contribution in [0.2, 0.25) is 0 Å². The van der Waals surface area contributed by atoms with Gasteiger partial charge in [0, 0.05) is 18.5 Å². The molecule has 0 spiro atoms. The standard InChI is InChI=1S/C27H28N6O6S/c28-27(29)31-19-12-10-18(11-13-19)22-14-20(39-32-22)15-25(34)30-16-23(26(35)36)33-40(37,38)24-9-5-4-8-21(24)17-6-2-1-3-7-17/h1-13,20,23,33H,14-16H2,(H,30,34)(H,35,36)(H4,28,29,31)/t20-,23+/m1/s1. The van der Waals surface area contributed by atoms with Crippen LogP contribution in [0.15, 0.2) is 93.9 Å². The molecule has 13 heteroatoms.